The van der Waals surface area contributed by atoms with Crippen LogP contribution in [0.15, 0.2) is 53.9 Å². The summed E-state index contributed by atoms with van der Waals surface area (Å²) in [6.07, 6.45) is 2.22. The number of nitrogens with one attached hydrogen (secondary N) is 1. The number of morpholine rings is 1. The number of amides is 1. The highest BCUT2D eigenvalue weighted by Gasteiger charge is 2.26. The largest absolute Gasteiger partial charge is 0.493 e. The fourth-order valence-corrected chi connectivity index (χ4v) is 4.74. The van der Waals surface area contributed by atoms with Crippen molar-refractivity contribution in [3.63, 3.8) is 0 Å². The van der Waals surface area contributed by atoms with Gasteiger partial charge in [-0.1, -0.05) is 6.08 Å². The van der Waals surface area contributed by atoms with Gasteiger partial charge in [0, 0.05) is 29.9 Å². The third-order valence-corrected chi connectivity index (χ3v) is 6.82. The van der Waals surface area contributed by atoms with E-state index in [1.165, 1.54) is 30.7 Å². The molecule has 0 bridgehead atoms. The van der Waals surface area contributed by atoms with Crippen molar-refractivity contribution < 1.29 is 27.4 Å². The molecule has 0 atom stereocenters. The van der Waals surface area contributed by atoms with Crippen molar-refractivity contribution in [2.75, 3.05) is 45.8 Å². The first-order valence-corrected chi connectivity index (χ1v) is 11.2. The van der Waals surface area contributed by atoms with Gasteiger partial charge in [0.1, 0.15) is 0 Å². The number of methoxy groups -OCH3 is 2. The Kier molecular flexibility index (Phi) is 7.32. The summed E-state index contributed by atoms with van der Waals surface area (Å²) >= 11 is 0. The minimum atomic E-state index is -3.59. The molecule has 0 spiro atoms. The van der Waals surface area contributed by atoms with E-state index in [1.807, 2.05) is 0 Å². The third kappa shape index (κ3) is 5.07. The molecule has 166 valence electrons. The molecule has 1 aliphatic rings. The average molecular weight is 447 g/mol. The van der Waals surface area contributed by atoms with Gasteiger partial charge < -0.3 is 19.5 Å². The number of carbonyl (C=O) groups excluding carboxylic acids is 1. The van der Waals surface area contributed by atoms with Gasteiger partial charge in [0.15, 0.2) is 11.5 Å². The minimum Gasteiger partial charge on any atom is -0.493 e. The van der Waals surface area contributed by atoms with Crippen molar-refractivity contribution in [3.8, 4) is 11.5 Å². The maximum absolute atomic E-state index is 12.8. The van der Waals surface area contributed by atoms with Crippen molar-refractivity contribution in [3.05, 3.63) is 60.2 Å². The highest BCUT2D eigenvalue weighted by Crippen LogP contribution is 2.33. The molecule has 3 rings (SSSR count). The summed E-state index contributed by atoms with van der Waals surface area (Å²) in [5.74, 6) is 0.644. The maximum Gasteiger partial charge on any atom is 0.255 e. The predicted molar refractivity (Wildman–Crippen MR) is 117 cm³/mol. The van der Waals surface area contributed by atoms with Gasteiger partial charge >= 0.3 is 0 Å². The van der Waals surface area contributed by atoms with Crippen molar-refractivity contribution in [2.45, 2.75) is 11.3 Å². The van der Waals surface area contributed by atoms with Gasteiger partial charge in [0.05, 0.1) is 32.3 Å². The molecule has 1 N–H and O–H groups in total. The molecular weight excluding hydrogens is 420 g/mol. The second kappa shape index (κ2) is 9.95. The molecule has 0 aromatic heterocycles. The van der Waals surface area contributed by atoms with Crippen LogP contribution in [0.3, 0.4) is 0 Å². The Morgan fingerprint density at radius 3 is 2.42 bits per heavy atom. The summed E-state index contributed by atoms with van der Waals surface area (Å²) < 4.78 is 42.8. The first-order valence-electron chi connectivity index (χ1n) is 9.75. The number of carbonyl (C=O) groups is 1. The molecule has 1 saturated heterocycles. The van der Waals surface area contributed by atoms with Gasteiger partial charge in [-0.25, -0.2) is 8.42 Å². The zero-order valence-corrected chi connectivity index (χ0v) is 18.4. The maximum atomic E-state index is 12.8. The summed E-state index contributed by atoms with van der Waals surface area (Å²) in [5.41, 5.74) is 1.64. The number of allylic oxidation sites excluding steroid dienone is 1. The Hall–Kier alpha value is -2.88. The molecule has 0 unspecified atom stereocenters. The average Bonchev–Trinajstić information content (AvgIpc) is 2.79. The normalized spacial score (nSPS) is 14.6. The van der Waals surface area contributed by atoms with E-state index < -0.39 is 10.0 Å². The molecule has 31 heavy (non-hydrogen) atoms. The van der Waals surface area contributed by atoms with E-state index in [1.54, 1.807) is 30.3 Å². The van der Waals surface area contributed by atoms with E-state index in [0.29, 0.717) is 55.5 Å². The topological polar surface area (TPSA) is 94.2 Å². The van der Waals surface area contributed by atoms with Crippen LogP contribution >= 0.6 is 0 Å². The van der Waals surface area contributed by atoms with Crippen LogP contribution in [0.25, 0.3) is 0 Å². The van der Waals surface area contributed by atoms with Crippen LogP contribution in [0.4, 0.5) is 5.69 Å². The number of hydrogen-bond donors (Lipinski definition) is 1. The lowest BCUT2D eigenvalue weighted by Crippen LogP contribution is -2.40. The van der Waals surface area contributed by atoms with E-state index in [2.05, 4.69) is 11.9 Å². The lowest BCUT2D eigenvalue weighted by atomic mass is 10.0. The number of ether oxygens (including phenoxy) is 3. The summed E-state index contributed by atoms with van der Waals surface area (Å²) in [5, 5.41) is 2.78. The summed E-state index contributed by atoms with van der Waals surface area (Å²) in [7, 11) is -0.544. The van der Waals surface area contributed by atoms with Crippen molar-refractivity contribution in [1.29, 1.82) is 0 Å². The quantitative estimate of drug-likeness (QED) is 0.627. The number of nitrogens with zero attached hydrogens (tertiary/aromatic N) is 1. The summed E-state index contributed by atoms with van der Waals surface area (Å²) in [4.78, 5) is 13.0. The third-order valence-electron chi connectivity index (χ3n) is 4.90. The first kappa shape index (κ1) is 22.8. The molecule has 1 aliphatic heterocycles. The molecule has 9 heteroatoms. The Labute approximate surface area is 182 Å². The van der Waals surface area contributed by atoms with Crippen LogP contribution in [0.2, 0.25) is 0 Å². The van der Waals surface area contributed by atoms with E-state index in [0.717, 1.165) is 5.56 Å². The summed E-state index contributed by atoms with van der Waals surface area (Å²) in [6.45, 7) is 5.15. The molecule has 2 aromatic carbocycles. The molecule has 2 aromatic rings. The van der Waals surface area contributed by atoms with Crippen LogP contribution in [0.1, 0.15) is 15.9 Å². The summed E-state index contributed by atoms with van der Waals surface area (Å²) in [6, 6.07) is 9.41. The second-order valence-electron chi connectivity index (χ2n) is 6.86. The van der Waals surface area contributed by atoms with E-state index in [4.69, 9.17) is 14.2 Å². The van der Waals surface area contributed by atoms with Gasteiger partial charge in [0.2, 0.25) is 10.0 Å². The number of rotatable bonds is 8. The predicted octanol–water partition coefficient (Wildman–Crippen LogP) is 2.71. The van der Waals surface area contributed by atoms with Gasteiger partial charge in [-0.05, 0) is 42.8 Å². The number of hydrogen-bond acceptors (Lipinski definition) is 6. The number of anilines is 1. The molecule has 8 nitrogen and oxygen atoms in total. The highest BCUT2D eigenvalue weighted by molar-refractivity contribution is 7.89. The van der Waals surface area contributed by atoms with E-state index >= 15 is 0 Å². The standard InChI is InChI=1S/C22H26N2O6S/c1-4-5-16-14-17(15-20(28-2)21(16)29-3)22(25)23-18-6-8-19(9-7-18)31(26,27)24-10-12-30-13-11-24/h4,6-9,14-15H,1,5,10-13H2,2-3H3,(H,23,25). The van der Waals surface area contributed by atoms with Crippen molar-refractivity contribution >= 4 is 21.6 Å². The zero-order chi connectivity index (χ0) is 22.4. The van der Waals surface area contributed by atoms with Crippen LogP contribution < -0.4 is 14.8 Å². The SMILES string of the molecule is C=CCc1cc(C(=O)Nc2ccc(S(=O)(=O)N3CCOCC3)cc2)cc(OC)c1OC. The Morgan fingerprint density at radius 2 is 1.84 bits per heavy atom. The van der Waals surface area contributed by atoms with Crippen molar-refractivity contribution in [1.82, 2.24) is 4.31 Å². The Morgan fingerprint density at radius 1 is 1.16 bits per heavy atom. The number of sulfonamides is 1. The van der Waals surface area contributed by atoms with Crippen LogP contribution in [-0.4, -0.2) is 59.2 Å². The van der Waals surface area contributed by atoms with Crippen LogP contribution in [0, 0.1) is 0 Å². The second-order valence-corrected chi connectivity index (χ2v) is 8.80. The zero-order valence-electron chi connectivity index (χ0n) is 17.6. The molecule has 0 aliphatic carbocycles. The number of benzene rings is 2. The van der Waals surface area contributed by atoms with Gasteiger partial charge in [0.25, 0.3) is 5.91 Å². The first-order chi connectivity index (χ1) is 14.9. The Bertz CT molecular complexity index is 1040. The van der Waals surface area contributed by atoms with Gasteiger partial charge in [-0.3, -0.25) is 4.79 Å². The lowest BCUT2D eigenvalue weighted by Gasteiger charge is -2.26. The van der Waals surface area contributed by atoms with Gasteiger partial charge in [-0.15, -0.1) is 6.58 Å². The smallest absolute Gasteiger partial charge is 0.255 e. The fourth-order valence-electron chi connectivity index (χ4n) is 3.33. The van der Waals surface area contributed by atoms with Crippen molar-refractivity contribution in [2.24, 2.45) is 0 Å². The molecule has 0 saturated carbocycles. The van der Waals surface area contributed by atoms with Crippen LogP contribution in [0.5, 0.6) is 11.5 Å². The Balaban J connectivity index is 1.79. The molecule has 0 radical (unpaired) electrons. The molecule has 1 heterocycles. The lowest BCUT2D eigenvalue weighted by molar-refractivity contribution is 0.0730. The van der Waals surface area contributed by atoms with E-state index in [9.17, 15) is 13.2 Å². The van der Waals surface area contributed by atoms with Crippen LogP contribution in [-0.2, 0) is 21.2 Å². The molecular formula is C22H26N2O6S. The molecule has 1 amide bonds. The fraction of sp³-hybridized carbons (Fsp3) is 0.318. The van der Waals surface area contributed by atoms with E-state index in [-0.39, 0.29) is 10.8 Å². The highest BCUT2D eigenvalue weighted by atomic mass is 32.2. The molecule has 1 fully saturated rings. The van der Waals surface area contributed by atoms with Gasteiger partial charge in [-0.2, -0.15) is 4.31 Å². The minimum absolute atomic E-state index is 0.173. The monoisotopic (exact) mass is 446 g/mol.